The first kappa shape index (κ1) is 14.3. The van der Waals surface area contributed by atoms with Crippen LogP contribution in [0, 0.1) is 0 Å². The van der Waals surface area contributed by atoms with Crippen molar-refractivity contribution in [3.63, 3.8) is 0 Å². The van der Waals surface area contributed by atoms with Crippen molar-refractivity contribution in [3.8, 4) is 0 Å². The Morgan fingerprint density at radius 3 is 2.65 bits per heavy atom. The van der Waals surface area contributed by atoms with Crippen LogP contribution in [-0.4, -0.2) is 60.1 Å². The van der Waals surface area contributed by atoms with Crippen LogP contribution in [0.15, 0.2) is 5.16 Å². The summed E-state index contributed by atoms with van der Waals surface area (Å²) in [4.78, 5) is 4.82. The largest absolute Gasteiger partial charge is 0.409 e. The number of hydrogen-bond donors (Lipinski definition) is 2. The molecule has 0 aromatic rings. The Morgan fingerprint density at radius 2 is 2.12 bits per heavy atom. The van der Waals surface area contributed by atoms with Crippen molar-refractivity contribution in [2.45, 2.75) is 38.6 Å². The molecule has 1 fully saturated rings. The van der Waals surface area contributed by atoms with Crippen LogP contribution in [0.5, 0.6) is 0 Å². The van der Waals surface area contributed by atoms with Gasteiger partial charge < -0.3 is 20.7 Å². The van der Waals surface area contributed by atoms with E-state index in [1.54, 1.807) is 0 Å². The van der Waals surface area contributed by atoms with E-state index in [1.807, 2.05) is 0 Å². The number of amidine groups is 1. The van der Waals surface area contributed by atoms with Gasteiger partial charge >= 0.3 is 0 Å². The van der Waals surface area contributed by atoms with Crippen LogP contribution < -0.4 is 5.73 Å². The molecule has 100 valence electrons. The molecule has 1 atom stereocenters. The van der Waals surface area contributed by atoms with Crippen LogP contribution in [0.1, 0.15) is 32.6 Å². The second-order valence-electron chi connectivity index (χ2n) is 4.89. The fourth-order valence-corrected chi connectivity index (χ4v) is 2.38. The van der Waals surface area contributed by atoms with E-state index in [0.29, 0.717) is 18.3 Å². The van der Waals surface area contributed by atoms with Gasteiger partial charge in [-0.2, -0.15) is 0 Å². The van der Waals surface area contributed by atoms with Gasteiger partial charge in [-0.3, -0.25) is 0 Å². The molecule has 0 aromatic heterocycles. The summed E-state index contributed by atoms with van der Waals surface area (Å²) in [5.74, 6) is 0.324. The molecule has 5 nitrogen and oxygen atoms in total. The van der Waals surface area contributed by atoms with Crippen molar-refractivity contribution in [3.05, 3.63) is 0 Å². The quantitative estimate of drug-likeness (QED) is 0.302. The van der Waals surface area contributed by atoms with Crippen molar-refractivity contribution in [1.29, 1.82) is 0 Å². The summed E-state index contributed by atoms with van der Waals surface area (Å²) in [5.41, 5.74) is 5.57. The standard InChI is InChI=1S/C12H26N4O/c1-3-11(10-12(13)14-17)15(2)8-9-16-6-4-5-7-16/h11,17H,3-10H2,1-2H3,(H2,13,14). The number of likely N-dealkylation sites (tertiary alicyclic amines) is 1. The van der Waals surface area contributed by atoms with Gasteiger partial charge in [-0.05, 0) is 39.4 Å². The third kappa shape index (κ3) is 4.91. The van der Waals surface area contributed by atoms with Crippen molar-refractivity contribution in [1.82, 2.24) is 9.80 Å². The normalized spacial score (nSPS) is 20.1. The lowest BCUT2D eigenvalue weighted by Gasteiger charge is -2.28. The number of nitrogens with two attached hydrogens (primary N) is 1. The van der Waals surface area contributed by atoms with Gasteiger partial charge in [0.2, 0.25) is 0 Å². The summed E-state index contributed by atoms with van der Waals surface area (Å²) in [5, 5.41) is 11.7. The van der Waals surface area contributed by atoms with Crippen LogP contribution in [-0.2, 0) is 0 Å². The van der Waals surface area contributed by atoms with Crippen LogP contribution in [0.3, 0.4) is 0 Å². The highest BCUT2D eigenvalue weighted by molar-refractivity contribution is 5.80. The van der Waals surface area contributed by atoms with Gasteiger partial charge in [0.25, 0.3) is 0 Å². The molecular formula is C12H26N4O. The zero-order chi connectivity index (χ0) is 12.7. The molecule has 0 bridgehead atoms. The van der Waals surface area contributed by atoms with E-state index >= 15 is 0 Å². The highest BCUT2D eigenvalue weighted by Gasteiger charge is 2.17. The predicted octanol–water partition coefficient (Wildman–Crippen LogP) is 0.929. The average molecular weight is 242 g/mol. The minimum Gasteiger partial charge on any atom is -0.409 e. The summed E-state index contributed by atoms with van der Waals surface area (Å²) < 4.78 is 0. The van der Waals surface area contributed by atoms with Crippen molar-refractivity contribution in [2.24, 2.45) is 10.9 Å². The molecule has 1 unspecified atom stereocenters. The van der Waals surface area contributed by atoms with Crippen LogP contribution in [0.25, 0.3) is 0 Å². The van der Waals surface area contributed by atoms with Crippen molar-refractivity contribution in [2.75, 3.05) is 33.2 Å². The van der Waals surface area contributed by atoms with Gasteiger partial charge in [-0.25, -0.2) is 0 Å². The van der Waals surface area contributed by atoms with Crippen LogP contribution in [0.2, 0.25) is 0 Å². The molecule has 0 aromatic carbocycles. The lowest BCUT2D eigenvalue weighted by Crippen LogP contribution is -2.39. The minimum absolute atomic E-state index is 0.324. The molecule has 0 aliphatic carbocycles. The summed E-state index contributed by atoms with van der Waals surface area (Å²) in [6.45, 7) is 6.80. The molecule has 1 rings (SSSR count). The number of likely N-dealkylation sites (N-methyl/N-ethyl adjacent to an activating group) is 1. The van der Waals surface area contributed by atoms with Gasteiger partial charge in [-0.15, -0.1) is 0 Å². The Hall–Kier alpha value is -0.810. The molecule has 1 saturated heterocycles. The van der Waals surface area contributed by atoms with E-state index in [1.165, 1.54) is 25.9 Å². The monoisotopic (exact) mass is 242 g/mol. The first-order chi connectivity index (χ1) is 8.17. The maximum atomic E-state index is 8.60. The number of rotatable bonds is 7. The fourth-order valence-electron chi connectivity index (χ4n) is 2.38. The number of nitrogens with zero attached hydrogens (tertiary/aromatic N) is 3. The van der Waals surface area contributed by atoms with Gasteiger partial charge in [0.15, 0.2) is 0 Å². The Balaban J connectivity index is 2.29. The molecule has 0 radical (unpaired) electrons. The summed E-state index contributed by atoms with van der Waals surface area (Å²) in [6.07, 6.45) is 4.34. The molecule has 0 saturated carbocycles. The molecule has 1 heterocycles. The van der Waals surface area contributed by atoms with Gasteiger partial charge in [0.05, 0.1) is 0 Å². The van der Waals surface area contributed by atoms with Crippen LogP contribution in [0.4, 0.5) is 0 Å². The van der Waals surface area contributed by atoms with Gasteiger partial charge in [-0.1, -0.05) is 12.1 Å². The van der Waals surface area contributed by atoms with E-state index in [-0.39, 0.29) is 0 Å². The van der Waals surface area contributed by atoms with E-state index in [9.17, 15) is 0 Å². The lowest BCUT2D eigenvalue weighted by atomic mass is 10.1. The van der Waals surface area contributed by atoms with Crippen LogP contribution >= 0.6 is 0 Å². The first-order valence-electron chi connectivity index (χ1n) is 6.56. The lowest BCUT2D eigenvalue weighted by molar-refractivity contribution is 0.202. The Kier molecular flexibility index (Phi) is 6.29. The Bertz CT molecular complexity index is 239. The maximum absolute atomic E-state index is 8.60. The fraction of sp³-hybridized carbons (Fsp3) is 0.917. The predicted molar refractivity (Wildman–Crippen MR) is 70.4 cm³/mol. The highest BCUT2D eigenvalue weighted by atomic mass is 16.4. The smallest absolute Gasteiger partial charge is 0.140 e. The van der Waals surface area contributed by atoms with Gasteiger partial charge in [0, 0.05) is 25.6 Å². The summed E-state index contributed by atoms with van der Waals surface area (Å²) >= 11 is 0. The van der Waals surface area contributed by atoms with E-state index in [2.05, 4.69) is 28.9 Å². The Labute approximate surface area is 104 Å². The molecule has 1 aliphatic rings. The molecule has 0 spiro atoms. The molecule has 0 amide bonds. The number of oxime groups is 1. The van der Waals surface area contributed by atoms with Crippen molar-refractivity contribution >= 4 is 5.84 Å². The summed E-state index contributed by atoms with van der Waals surface area (Å²) in [7, 11) is 2.12. The molecular weight excluding hydrogens is 216 g/mol. The minimum atomic E-state index is 0.324. The zero-order valence-electron chi connectivity index (χ0n) is 11.1. The second-order valence-corrected chi connectivity index (χ2v) is 4.89. The number of hydrogen-bond acceptors (Lipinski definition) is 4. The van der Waals surface area contributed by atoms with E-state index in [0.717, 1.165) is 19.5 Å². The third-order valence-electron chi connectivity index (χ3n) is 3.64. The third-order valence-corrected chi connectivity index (χ3v) is 3.64. The highest BCUT2D eigenvalue weighted by Crippen LogP contribution is 2.10. The zero-order valence-corrected chi connectivity index (χ0v) is 11.1. The first-order valence-corrected chi connectivity index (χ1v) is 6.56. The molecule has 1 aliphatic heterocycles. The SMILES string of the molecule is CCC(CC(N)=NO)N(C)CCN1CCCC1. The van der Waals surface area contributed by atoms with Gasteiger partial charge in [0.1, 0.15) is 5.84 Å². The Morgan fingerprint density at radius 1 is 1.47 bits per heavy atom. The maximum Gasteiger partial charge on any atom is 0.140 e. The van der Waals surface area contributed by atoms with E-state index in [4.69, 9.17) is 10.9 Å². The molecule has 17 heavy (non-hydrogen) atoms. The second kappa shape index (κ2) is 7.50. The summed E-state index contributed by atoms with van der Waals surface area (Å²) in [6, 6.07) is 0.369. The van der Waals surface area contributed by atoms with E-state index < -0.39 is 0 Å². The van der Waals surface area contributed by atoms with Crippen molar-refractivity contribution < 1.29 is 5.21 Å². The molecule has 3 N–H and O–H groups in total. The molecule has 5 heteroatoms. The topological polar surface area (TPSA) is 65.1 Å². The average Bonchev–Trinajstić information content (AvgIpc) is 2.85.